The van der Waals surface area contributed by atoms with Gasteiger partial charge in [-0.1, -0.05) is 12.2 Å². The normalized spacial score (nSPS) is 33.6. The molecule has 2 saturated carbocycles. The van der Waals surface area contributed by atoms with E-state index >= 15 is 0 Å². The fourth-order valence-corrected chi connectivity index (χ4v) is 3.71. The summed E-state index contributed by atoms with van der Waals surface area (Å²) in [4.78, 5) is 14.8. The van der Waals surface area contributed by atoms with Gasteiger partial charge in [-0.3, -0.25) is 4.79 Å². The number of rotatable bonds is 1. The van der Waals surface area contributed by atoms with Crippen LogP contribution in [-0.2, 0) is 9.53 Å². The molecular weight excluding hydrogens is 226 g/mol. The monoisotopic (exact) mass is 249 g/mol. The molecule has 0 N–H and O–H groups in total. The molecular formula is C15H23NO2. The van der Waals surface area contributed by atoms with E-state index in [-0.39, 0.29) is 5.92 Å². The molecule has 0 bridgehead atoms. The third-order valence-electron chi connectivity index (χ3n) is 4.81. The standard InChI is InChI=1S/C15H23NO2/c1-11-5-7-12(8-6-11)15(17)16-9-10-18-14-4-2-3-13(14)16/h12-14H,1-10H2/t13-,14+/m0/s1. The summed E-state index contributed by atoms with van der Waals surface area (Å²) < 4.78 is 5.78. The lowest BCUT2D eigenvalue weighted by Gasteiger charge is -2.40. The highest BCUT2D eigenvalue weighted by atomic mass is 16.5. The molecule has 0 unspecified atom stereocenters. The molecule has 2 aliphatic carbocycles. The minimum atomic E-state index is 0.245. The van der Waals surface area contributed by atoms with E-state index in [0.29, 0.717) is 18.1 Å². The van der Waals surface area contributed by atoms with Gasteiger partial charge in [-0.2, -0.15) is 0 Å². The zero-order valence-electron chi connectivity index (χ0n) is 11.1. The van der Waals surface area contributed by atoms with Crippen LogP contribution in [0, 0.1) is 5.92 Å². The van der Waals surface area contributed by atoms with Crippen molar-refractivity contribution >= 4 is 5.91 Å². The molecule has 3 heteroatoms. The number of allylic oxidation sites excluding steroid dienone is 1. The van der Waals surface area contributed by atoms with Gasteiger partial charge >= 0.3 is 0 Å². The molecule has 1 aliphatic heterocycles. The van der Waals surface area contributed by atoms with Gasteiger partial charge in [0.05, 0.1) is 18.8 Å². The number of amides is 1. The molecule has 0 spiro atoms. The van der Waals surface area contributed by atoms with E-state index in [0.717, 1.165) is 51.7 Å². The lowest BCUT2D eigenvalue weighted by Crippen LogP contribution is -2.53. The number of ether oxygens (including phenoxy) is 1. The molecule has 0 aromatic heterocycles. The number of carbonyl (C=O) groups excluding carboxylic acids is 1. The number of morpholine rings is 1. The summed E-state index contributed by atoms with van der Waals surface area (Å²) in [7, 11) is 0. The first-order valence-corrected chi connectivity index (χ1v) is 7.34. The van der Waals surface area contributed by atoms with Gasteiger partial charge in [-0.15, -0.1) is 0 Å². The summed E-state index contributed by atoms with van der Waals surface area (Å²) in [6, 6.07) is 0.372. The summed E-state index contributed by atoms with van der Waals surface area (Å²) in [5.74, 6) is 0.637. The second kappa shape index (κ2) is 5.04. The van der Waals surface area contributed by atoms with Gasteiger partial charge in [0.15, 0.2) is 0 Å². The number of nitrogens with zero attached hydrogens (tertiary/aromatic N) is 1. The van der Waals surface area contributed by atoms with Crippen LogP contribution in [0.2, 0.25) is 0 Å². The Hall–Kier alpha value is -0.830. The quantitative estimate of drug-likeness (QED) is 0.668. The van der Waals surface area contributed by atoms with Crippen molar-refractivity contribution in [2.75, 3.05) is 13.2 Å². The molecule has 1 saturated heterocycles. The average molecular weight is 249 g/mol. The minimum absolute atomic E-state index is 0.245. The van der Waals surface area contributed by atoms with Crippen LogP contribution in [0.15, 0.2) is 12.2 Å². The number of hydrogen-bond donors (Lipinski definition) is 0. The van der Waals surface area contributed by atoms with E-state index < -0.39 is 0 Å². The largest absolute Gasteiger partial charge is 0.374 e. The summed E-state index contributed by atoms with van der Waals surface area (Å²) in [5.41, 5.74) is 1.32. The first kappa shape index (κ1) is 12.2. The zero-order valence-corrected chi connectivity index (χ0v) is 11.1. The van der Waals surface area contributed by atoms with Crippen LogP contribution in [0.3, 0.4) is 0 Å². The molecule has 0 aromatic carbocycles. The predicted molar refractivity (Wildman–Crippen MR) is 70.2 cm³/mol. The highest BCUT2D eigenvalue weighted by molar-refractivity contribution is 5.79. The second-order valence-electron chi connectivity index (χ2n) is 5.96. The molecule has 100 valence electrons. The molecule has 18 heavy (non-hydrogen) atoms. The van der Waals surface area contributed by atoms with Crippen molar-refractivity contribution in [1.29, 1.82) is 0 Å². The molecule has 1 amide bonds. The Balaban J connectivity index is 1.66. The number of hydrogen-bond acceptors (Lipinski definition) is 2. The highest BCUT2D eigenvalue weighted by Crippen LogP contribution is 2.34. The molecule has 1 heterocycles. The van der Waals surface area contributed by atoms with Crippen molar-refractivity contribution in [2.45, 2.75) is 57.1 Å². The SMILES string of the molecule is C=C1CCC(C(=O)N2CCO[C@@H]3CCC[C@@H]32)CC1. The van der Waals surface area contributed by atoms with E-state index in [9.17, 15) is 4.79 Å². The van der Waals surface area contributed by atoms with E-state index in [2.05, 4.69) is 11.5 Å². The third kappa shape index (κ3) is 2.20. The van der Waals surface area contributed by atoms with E-state index in [1.807, 2.05) is 0 Å². The summed E-state index contributed by atoms with van der Waals surface area (Å²) in [5, 5.41) is 0. The Bertz CT molecular complexity index is 342. The van der Waals surface area contributed by atoms with Crippen molar-refractivity contribution < 1.29 is 9.53 Å². The summed E-state index contributed by atoms with van der Waals surface area (Å²) in [6.07, 6.45) is 7.88. The molecule has 3 fully saturated rings. The van der Waals surface area contributed by atoms with E-state index in [4.69, 9.17) is 4.74 Å². The molecule has 3 nitrogen and oxygen atoms in total. The number of carbonyl (C=O) groups is 1. The highest BCUT2D eigenvalue weighted by Gasteiger charge is 2.40. The smallest absolute Gasteiger partial charge is 0.226 e. The van der Waals surface area contributed by atoms with Crippen molar-refractivity contribution in [1.82, 2.24) is 4.90 Å². The van der Waals surface area contributed by atoms with Gasteiger partial charge in [-0.05, 0) is 44.9 Å². The Morgan fingerprint density at radius 3 is 2.78 bits per heavy atom. The average Bonchev–Trinajstić information content (AvgIpc) is 2.87. The molecule has 0 aromatic rings. The van der Waals surface area contributed by atoms with Crippen molar-refractivity contribution in [3.8, 4) is 0 Å². The zero-order chi connectivity index (χ0) is 12.5. The van der Waals surface area contributed by atoms with Crippen LogP contribution in [0.25, 0.3) is 0 Å². The first-order chi connectivity index (χ1) is 8.75. The van der Waals surface area contributed by atoms with Crippen LogP contribution in [0.4, 0.5) is 0 Å². The molecule has 3 aliphatic rings. The third-order valence-corrected chi connectivity index (χ3v) is 4.81. The maximum absolute atomic E-state index is 12.6. The Kier molecular flexibility index (Phi) is 3.42. The van der Waals surface area contributed by atoms with E-state index in [1.165, 1.54) is 12.0 Å². The van der Waals surface area contributed by atoms with Gasteiger partial charge in [0.2, 0.25) is 5.91 Å². The van der Waals surface area contributed by atoms with Crippen molar-refractivity contribution in [2.24, 2.45) is 5.92 Å². The van der Waals surface area contributed by atoms with Crippen LogP contribution in [0.1, 0.15) is 44.9 Å². The van der Waals surface area contributed by atoms with Crippen LogP contribution in [0.5, 0.6) is 0 Å². The Labute approximate surface area is 109 Å². The van der Waals surface area contributed by atoms with Crippen molar-refractivity contribution in [3.63, 3.8) is 0 Å². The van der Waals surface area contributed by atoms with Gasteiger partial charge in [0.1, 0.15) is 0 Å². The Morgan fingerprint density at radius 2 is 2.00 bits per heavy atom. The van der Waals surface area contributed by atoms with Gasteiger partial charge in [-0.25, -0.2) is 0 Å². The maximum Gasteiger partial charge on any atom is 0.226 e. The molecule has 3 rings (SSSR count). The number of fused-ring (bicyclic) bond motifs is 1. The summed E-state index contributed by atoms with van der Waals surface area (Å²) >= 11 is 0. The Morgan fingerprint density at radius 1 is 1.22 bits per heavy atom. The summed E-state index contributed by atoms with van der Waals surface area (Å²) in [6.45, 7) is 5.56. The van der Waals surface area contributed by atoms with Crippen molar-refractivity contribution in [3.05, 3.63) is 12.2 Å². The van der Waals surface area contributed by atoms with Crippen LogP contribution in [-0.4, -0.2) is 36.1 Å². The minimum Gasteiger partial charge on any atom is -0.374 e. The van der Waals surface area contributed by atoms with E-state index in [1.54, 1.807) is 0 Å². The molecule has 0 radical (unpaired) electrons. The van der Waals surface area contributed by atoms with Crippen LogP contribution < -0.4 is 0 Å². The fraction of sp³-hybridized carbons (Fsp3) is 0.800. The van der Waals surface area contributed by atoms with Gasteiger partial charge in [0, 0.05) is 12.5 Å². The van der Waals surface area contributed by atoms with Gasteiger partial charge in [0.25, 0.3) is 0 Å². The fourth-order valence-electron chi connectivity index (χ4n) is 3.71. The predicted octanol–water partition coefficient (Wildman–Crippen LogP) is 2.51. The van der Waals surface area contributed by atoms with Gasteiger partial charge < -0.3 is 9.64 Å². The van der Waals surface area contributed by atoms with Crippen LogP contribution >= 0.6 is 0 Å². The maximum atomic E-state index is 12.6. The lowest BCUT2D eigenvalue weighted by atomic mass is 9.85. The molecule has 2 atom stereocenters. The lowest BCUT2D eigenvalue weighted by molar-refractivity contribution is -0.149. The topological polar surface area (TPSA) is 29.5 Å². The second-order valence-corrected chi connectivity index (χ2v) is 5.96. The first-order valence-electron chi connectivity index (χ1n) is 7.34.